The highest BCUT2D eigenvalue weighted by molar-refractivity contribution is 5.36. The molecule has 2 aromatic rings. The number of phenols is 2. The van der Waals surface area contributed by atoms with Gasteiger partial charge in [0, 0.05) is 0 Å². The molecule has 0 aliphatic rings. The molecule has 24 heavy (non-hydrogen) atoms. The van der Waals surface area contributed by atoms with Crippen LogP contribution in [0.2, 0.25) is 0 Å². The summed E-state index contributed by atoms with van der Waals surface area (Å²) in [6.07, 6.45) is -10.3. The number of phenolic OH excluding ortho intramolecular Hbond substituents is 2. The van der Waals surface area contributed by atoms with E-state index in [2.05, 4.69) is 0 Å². The van der Waals surface area contributed by atoms with E-state index < -0.39 is 35.3 Å². The summed E-state index contributed by atoms with van der Waals surface area (Å²) < 4.78 is 80.6. The lowest BCUT2D eigenvalue weighted by Crippen LogP contribution is -2.35. The molecule has 8 heteroatoms. The summed E-state index contributed by atoms with van der Waals surface area (Å²) in [7, 11) is 0. The number of alkyl halides is 6. The Hall–Kier alpha value is -2.38. The van der Waals surface area contributed by atoms with Crippen LogP contribution >= 0.6 is 0 Å². The molecule has 130 valence electrons. The molecule has 2 rings (SSSR count). The van der Waals surface area contributed by atoms with E-state index in [1.165, 1.54) is 0 Å². The van der Waals surface area contributed by atoms with Crippen molar-refractivity contribution in [2.75, 3.05) is 0 Å². The van der Waals surface area contributed by atoms with Crippen LogP contribution in [0.1, 0.15) is 23.0 Å². The summed E-state index contributed by atoms with van der Waals surface area (Å²) in [5.74, 6) is -6.40. The van der Waals surface area contributed by atoms with Crippen molar-refractivity contribution in [3.63, 3.8) is 0 Å². The van der Waals surface area contributed by atoms with Crippen molar-refractivity contribution in [3.8, 4) is 11.5 Å². The van der Waals surface area contributed by atoms with Gasteiger partial charge in [0.1, 0.15) is 11.5 Å². The molecule has 0 saturated heterocycles. The molecule has 0 saturated carbocycles. The number of hydrogen-bond donors (Lipinski definition) is 2. The Labute approximate surface area is 133 Å². The lowest BCUT2D eigenvalue weighted by molar-refractivity contribution is -0.211. The van der Waals surface area contributed by atoms with Crippen LogP contribution in [0.4, 0.5) is 26.3 Å². The molecule has 2 atom stereocenters. The zero-order chi connectivity index (χ0) is 18.1. The van der Waals surface area contributed by atoms with E-state index in [4.69, 9.17) is 10.2 Å². The van der Waals surface area contributed by atoms with Crippen LogP contribution in [-0.2, 0) is 0 Å². The summed E-state index contributed by atoms with van der Waals surface area (Å²) in [4.78, 5) is 0. The summed E-state index contributed by atoms with van der Waals surface area (Å²) in [6.45, 7) is 0. The molecule has 0 unspecified atom stereocenters. The van der Waals surface area contributed by atoms with Gasteiger partial charge in [-0.05, 0) is 35.4 Å². The molecule has 0 aromatic heterocycles. The van der Waals surface area contributed by atoms with Gasteiger partial charge in [0.05, 0.1) is 11.8 Å². The highest BCUT2D eigenvalue weighted by atomic mass is 19.4. The second kappa shape index (κ2) is 6.26. The fourth-order valence-corrected chi connectivity index (χ4v) is 2.50. The van der Waals surface area contributed by atoms with Crippen molar-refractivity contribution >= 4 is 0 Å². The highest BCUT2D eigenvalue weighted by Crippen LogP contribution is 2.52. The van der Waals surface area contributed by atoms with Gasteiger partial charge in [0.15, 0.2) is 0 Å². The molecule has 0 heterocycles. The first-order chi connectivity index (χ1) is 11.0. The normalized spacial score (nSPS) is 15.1. The lowest BCUT2D eigenvalue weighted by atomic mass is 9.80. The molecule has 0 spiro atoms. The van der Waals surface area contributed by atoms with E-state index in [9.17, 15) is 26.3 Å². The predicted molar refractivity (Wildman–Crippen MR) is 73.8 cm³/mol. The zero-order valence-corrected chi connectivity index (χ0v) is 11.9. The van der Waals surface area contributed by atoms with Crippen LogP contribution in [0.15, 0.2) is 48.5 Å². The molecule has 2 nitrogen and oxygen atoms in total. The first-order valence-electron chi connectivity index (χ1n) is 6.71. The number of hydrogen-bond acceptors (Lipinski definition) is 2. The minimum Gasteiger partial charge on any atom is -0.508 e. The van der Waals surface area contributed by atoms with Gasteiger partial charge in [-0.3, -0.25) is 0 Å². The molecule has 0 amide bonds. The van der Waals surface area contributed by atoms with Gasteiger partial charge in [0.25, 0.3) is 0 Å². The Morgan fingerprint density at radius 3 is 1.00 bits per heavy atom. The average molecular weight is 350 g/mol. The third-order valence-corrected chi connectivity index (χ3v) is 3.54. The fraction of sp³-hybridized carbons (Fsp3) is 0.250. The number of halogens is 6. The maximum Gasteiger partial charge on any atom is 0.396 e. The second-order valence-corrected chi connectivity index (χ2v) is 5.22. The van der Waals surface area contributed by atoms with Crippen LogP contribution in [-0.4, -0.2) is 22.6 Å². The second-order valence-electron chi connectivity index (χ2n) is 5.22. The summed E-state index contributed by atoms with van der Waals surface area (Å²) in [5, 5.41) is 18.3. The molecular formula is C16H12F6O2. The van der Waals surface area contributed by atoms with Gasteiger partial charge in [-0.25, -0.2) is 0 Å². The maximum atomic E-state index is 13.4. The molecular weight excluding hydrogens is 338 g/mol. The fourth-order valence-electron chi connectivity index (χ4n) is 2.50. The van der Waals surface area contributed by atoms with Crippen molar-refractivity contribution in [1.82, 2.24) is 0 Å². The van der Waals surface area contributed by atoms with E-state index in [-0.39, 0.29) is 11.5 Å². The Balaban J connectivity index is 2.61. The summed E-state index contributed by atoms with van der Waals surface area (Å²) in [6, 6.07) is 6.85. The maximum absolute atomic E-state index is 13.4. The van der Waals surface area contributed by atoms with Gasteiger partial charge >= 0.3 is 12.4 Å². The van der Waals surface area contributed by atoms with Crippen LogP contribution in [0.3, 0.4) is 0 Å². The molecule has 2 N–H and O–H groups in total. The van der Waals surface area contributed by atoms with Crippen LogP contribution < -0.4 is 0 Å². The standard InChI is InChI=1S/C16H12F6O2/c17-15(18,19)13(9-1-5-11(23)6-2-9)14(16(20,21)22)10-3-7-12(24)8-4-10/h1-8,13-14,23-24H/t13-,14+. The average Bonchev–Trinajstić information content (AvgIpc) is 2.45. The number of rotatable bonds is 3. The molecule has 0 aliphatic carbocycles. The third-order valence-electron chi connectivity index (χ3n) is 3.54. The molecule has 0 bridgehead atoms. The van der Waals surface area contributed by atoms with Crippen molar-refractivity contribution in [2.24, 2.45) is 0 Å². The van der Waals surface area contributed by atoms with E-state index in [1.54, 1.807) is 0 Å². The molecule has 0 radical (unpaired) electrons. The van der Waals surface area contributed by atoms with Crippen molar-refractivity contribution in [2.45, 2.75) is 24.2 Å². The van der Waals surface area contributed by atoms with Gasteiger partial charge < -0.3 is 10.2 Å². The van der Waals surface area contributed by atoms with Crippen LogP contribution in [0, 0.1) is 0 Å². The first kappa shape index (κ1) is 18.0. The number of aromatic hydroxyl groups is 2. The van der Waals surface area contributed by atoms with Gasteiger partial charge in [0.2, 0.25) is 0 Å². The van der Waals surface area contributed by atoms with E-state index in [0.29, 0.717) is 0 Å². The van der Waals surface area contributed by atoms with Gasteiger partial charge in [-0.2, -0.15) is 26.3 Å². The highest BCUT2D eigenvalue weighted by Gasteiger charge is 2.56. The summed E-state index contributed by atoms with van der Waals surface area (Å²) in [5.41, 5.74) is -1.23. The van der Waals surface area contributed by atoms with Crippen molar-refractivity contribution in [1.29, 1.82) is 0 Å². The largest absolute Gasteiger partial charge is 0.508 e. The van der Waals surface area contributed by atoms with Crippen LogP contribution in [0.25, 0.3) is 0 Å². The van der Waals surface area contributed by atoms with E-state index in [1.807, 2.05) is 0 Å². The molecule has 2 aromatic carbocycles. The minimum absolute atomic E-state index is 0.354. The Kier molecular flexibility index (Phi) is 4.68. The smallest absolute Gasteiger partial charge is 0.396 e. The van der Waals surface area contributed by atoms with Crippen molar-refractivity contribution < 1.29 is 36.6 Å². The van der Waals surface area contributed by atoms with E-state index >= 15 is 0 Å². The van der Waals surface area contributed by atoms with Crippen LogP contribution in [0.5, 0.6) is 11.5 Å². The SMILES string of the molecule is Oc1ccc([C@H]([C@H](c2ccc(O)cc2)C(F)(F)F)C(F)(F)F)cc1. The molecule has 0 aliphatic heterocycles. The van der Waals surface area contributed by atoms with Gasteiger partial charge in [-0.1, -0.05) is 24.3 Å². The minimum atomic E-state index is -5.17. The topological polar surface area (TPSA) is 40.5 Å². The Morgan fingerprint density at radius 2 is 0.792 bits per heavy atom. The Morgan fingerprint density at radius 1 is 0.542 bits per heavy atom. The zero-order valence-electron chi connectivity index (χ0n) is 11.9. The third kappa shape index (κ3) is 3.93. The first-order valence-corrected chi connectivity index (χ1v) is 6.71. The predicted octanol–water partition coefficient (Wildman–Crippen LogP) is 5.09. The van der Waals surface area contributed by atoms with E-state index in [0.717, 1.165) is 48.5 Å². The monoisotopic (exact) mass is 350 g/mol. The summed E-state index contributed by atoms with van der Waals surface area (Å²) >= 11 is 0. The quantitative estimate of drug-likeness (QED) is 0.757. The molecule has 0 fully saturated rings. The van der Waals surface area contributed by atoms with Crippen molar-refractivity contribution in [3.05, 3.63) is 59.7 Å². The number of benzene rings is 2. The Bertz CT molecular complexity index is 612. The lowest BCUT2D eigenvalue weighted by Gasteiger charge is -2.31. The van der Waals surface area contributed by atoms with Gasteiger partial charge in [-0.15, -0.1) is 0 Å².